The lowest BCUT2D eigenvalue weighted by atomic mass is 9.95. The minimum atomic E-state index is 0.772. The molecule has 3 rings (SSSR count). The van der Waals surface area contributed by atoms with E-state index in [2.05, 4.69) is 16.8 Å². The van der Waals surface area contributed by atoms with Crippen LogP contribution >= 0.6 is 0 Å². The lowest BCUT2D eigenvalue weighted by Crippen LogP contribution is -2.33. The minimum absolute atomic E-state index is 0.772. The normalized spacial score (nSPS) is 20.5. The van der Waals surface area contributed by atoms with Crippen LogP contribution in [0.3, 0.4) is 0 Å². The fourth-order valence-corrected chi connectivity index (χ4v) is 3.72. The molecule has 3 heteroatoms. The van der Waals surface area contributed by atoms with E-state index in [4.69, 9.17) is 4.98 Å². The SMILES string of the molecule is Cc1nc2c(n1CCNC1CCCCC1)CCCC2. The molecule has 2 aliphatic carbocycles. The van der Waals surface area contributed by atoms with E-state index in [1.165, 1.54) is 75.0 Å². The van der Waals surface area contributed by atoms with Crippen molar-refractivity contribution in [3.8, 4) is 0 Å². The van der Waals surface area contributed by atoms with Gasteiger partial charge in [-0.25, -0.2) is 4.98 Å². The summed E-state index contributed by atoms with van der Waals surface area (Å²) in [5, 5.41) is 3.75. The Labute approximate surface area is 116 Å². The third-order valence-electron chi connectivity index (χ3n) is 4.80. The number of hydrogen-bond donors (Lipinski definition) is 1. The summed E-state index contributed by atoms with van der Waals surface area (Å²) in [5.41, 5.74) is 2.90. The predicted molar refractivity (Wildman–Crippen MR) is 78.5 cm³/mol. The molecule has 106 valence electrons. The Hall–Kier alpha value is -0.830. The van der Waals surface area contributed by atoms with Crippen molar-refractivity contribution in [2.75, 3.05) is 6.54 Å². The minimum Gasteiger partial charge on any atom is -0.331 e. The van der Waals surface area contributed by atoms with Gasteiger partial charge in [0.05, 0.1) is 5.69 Å². The maximum atomic E-state index is 4.75. The first kappa shape index (κ1) is 13.2. The van der Waals surface area contributed by atoms with Gasteiger partial charge < -0.3 is 9.88 Å². The first-order chi connectivity index (χ1) is 9.34. The van der Waals surface area contributed by atoms with E-state index in [9.17, 15) is 0 Å². The van der Waals surface area contributed by atoms with Crippen molar-refractivity contribution in [1.29, 1.82) is 0 Å². The maximum absolute atomic E-state index is 4.75. The number of hydrogen-bond acceptors (Lipinski definition) is 2. The van der Waals surface area contributed by atoms with Gasteiger partial charge in [-0.2, -0.15) is 0 Å². The number of aryl methyl sites for hydroxylation is 2. The molecule has 0 bridgehead atoms. The van der Waals surface area contributed by atoms with E-state index in [0.29, 0.717) is 0 Å². The molecule has 1 aromatic heterocycles. The molecule has 2 aliphatic rings. The first-order valence-electron chi connectivity index (χ1n) is 8.13. The van der Waals surface area contributed by atoms with Crippen LogP contribution in [0, 0.1) is 6.92 Å². The lowest BCUT2D eigenvalue weighted by molar-refractivity contribution is 0.366. The van der Waals surface area contributed by atoms with Gasteiger partial charge >= 0.3 is 0 Å². The summed E-state index contributed by atoms with van der Waals surface area (Å²) >= 11 is 0. The second kappa shape index (κ2) is 6.08. The van der Waals surface area contributed by atoms with Gasteiger partial charge in [0, 0.05) is 24.8 Å². The number of nitrogens with zero attached hydrogens (tertiary/aromatic N) is 2. The van der Waals surface area contributed by atoms with Crippen LogP contribution < -0.4 is 5.32 Å². The number of nitrogens with one attached hydrogen (secondary N) is 1. The van der Waals surface area contributed by atoms with Crippen molar-refractivity contribution in [1.82, 2.24) is 14.9 Å². The molecule has 0 saturated heterocycles. The monoisotopic (exact) mass is 261 g/mol. The summed E-state index contributed by atoms with van der Waals surface area (Å²) in [6.07, 6.45) is 12.1. The first-order valence-corrected chi connectivity index (χ1v) is 8.13. The van der Waals surface area contributed by atoms with Gasteiger partial charge in [0.1, 0.15) is 5.82 Å². The van der Waals surface area contributed by atoms with E-state index in [1.54, 1.807) is 0 Å². The highest BCUT2D eigenvalue weighted by Gasteiger charge is 2.18. The van der Waals surface area contributed by atoms with Crippen LogP contribution in [0.15, 0.2) is 0 Å². The van der Waals surface area contributed by atoms with E-state index in [-0.39, 0.29) is 0 Å². The second-order valence-corrected chi connectivity index (χ2v) is 6.20. The average Bonchev–Trinajstić information content (AvgIpc) is 2.76. The Morgan fingerprint density at radius 3 is 2.74 bits per heavy atom. The molecule has 1 saturated carbocycles. The fourth-order valence-electron chi connectivity index (χ4n) is 3.72. The zero-order chi connectivity index (χ0) is 13.1. The van der Waals surface area contributed by atoms with Crippen LogP contribution in [0.25, 0.3) is 0 Å². The summed E-state index contributed by atoms with van der Waals surface area (Å²) in [6.45, 7) is 4.37. The Kier molecular flexibility index (Phi) is 4.21. The van der Waals surface area contributed by atoms with Crippen molar-refractivity contribution >= 4 is 0 Å². The van der Waals surface area contributed by atoms with Crippen molar-refractivity contribution < 1.29 is 0 Å². The zero-order valence-electron chi connectivity index (χ0n) is 12.2. The molecule has 1 heterocycles. The topological polar surface area (TPSA) is 29.9 Å². The molecule has 1 aromatic rings. The average molecular weight is 261 g/mol. The van der Waals surface area contributed by atoms with E-state index in [1.807, 2.05) is 0 Å². The highest BCUT2D eigenvalue weighted by atomic mass is 15.1. The largest absolute Gasteiger partial charge is 0.331 e. The summed E-state index contributed by atoms with van der Waals surface area (Å²) in [4.78, 5) is 4.75. The van der Waals surface area contributed by atoms with Crippen LogP contribution in [0.1, 0.15) is 62.2 Å². The molecule has 0 aromatic carbocycles. The van der Waals surface area contributed by atoms with Crippen molar-refractivity contribution in [3.63, 3.8) is 0 Å². The molecule has 19 heavy (non-hydrogen) atoms. The Balaban J connectivity index is 1.56. The summed E-state index contributed by atoms with van der Waals surface area (Å²) in [7, 11) is 0. The van der Waals surface area contributed by atoms with Gasteiger partial charge in [-0.05, 0) is 45.4 Å². The van der Waals surface area contributed by atoms with Crippen LogP contribution in [-0.2, 0) is 19.4 Å². The predicted octanol–water partition coefficient (Wildman–Crippen LogP) is 2.99. The lowest BCUT2D eigenvalue weighted by Gasteiger charge is -2.23. The zero-order valence-corrected chi connectivity index (χ0v) is 12.2. The summed E-state index contributed by atoms with van der Waals surface area (Å²) in [6, 6.07) is 0.772. The van der Waals surface area contributed by atoms with E-state index in [0.717, 1.165) is 19.1 Å². The number of aromatic nitrogens is 2. The van der Waals surface area contributed by atoms with Crippen LogP contribution in [0.2, 0.25) is 0 Å². The molecular weight excluding hydrogens is 234 g/mol. The molecule has 1 fully saturated rings. The van der Waals surface area contributed by atoms with Gasteiger partial charge in [0.2, 0.25) is 0 Å². The molecule has 0 aliphatic heterocycles. The van der Waals surface area contributed by atoms with Gasteiger partial charge in [0.25, 0.3) is 0 Å². The molecule has 3 nitrogen and oxygen atoms in total. The van der Waals surface area contributed by atoms with Crippen molar-refractivity contribution in [2.45, 2.75) is 77.3 Å². The molecule has 0 amide bonds. The standard InChI is InChI=1S/C16H27N3/c1-13-18-15-9-5-6-10-16(15)19(13)12-11-17-14-7-3-2-4-8-14/h14,17H,2-12H2,1H3. The van der Waals surface area contributed by atoms with E-state index >= 15 is 0 Å². The fraction of sp³-hybridized carbons (Fsp3) is 0.812. The highest BCUT2D eigenvalue weighted by Crippen LogP contribution is 2.22. The summed E-state index contributed by atoms with van der Waals surface area (Å²) in [5.74, 6) is 1.22. The Bertz CT molecular complexity index is 416. The third kappa shape index (κ3) is 3.02. The Morgan fingerprint density at radius 1 is 1.11 bits per heavy atom. The molecular formula is C16H27N3. The third-order valence-corrected chi connectivity index (χ3v) is 4.80. The number of rotatable bonds is 4. The summed E-state index contributed by atoms with van der Waals surface area (Å²) < 4.78 is 2.46. The van der Waals surface area contributed by atoms with Crippen molar-refractivity contribution in [3.05, 3.63) is 17.2 Å². The molecule has 0 radical (unpaired) electrons. The molecule has 0 spiro atoms. The quantitative estimate of drug-likeness (QED) is 0.903. The van der Waals surface area contributed by atoms with Crippen LogP contribution in [-0.4, -0.2) is 22.1 Å². The molecule has 1 N–H and O–H groups in total. The van der Waals surface area contributed by atoms with Gasteiger partial charge in [-0.3, -0.25) is 0 Å². The number of imidazole rings is 1. The van der Waals surface area contributed by atoms with Crippen LogP contribution in [0.5, 0.6) is 0 Å². The van der Waals surface area contributed by atoms with Gasteiger partial charge in [-0.15, -0.1) is 0 Å². The highest BCUT2D eigenvalue weighted by molar-refractivity contribution is 5.19. The van der Waals surface area contributed by atoms with Crippen LogP contribution in [0.4, 0.5) is 0 Å². The smallest absolute Gasteiger partial charge is 0.106 e. The Morgan fingerprint density at radius 2 is 1.89 bits per heavy atom. The molecule has 0 unspecified atom stereocenters. The van der Waals surface area contributed by atoms with Crippen molar-refractivity contribution in [2.24, 2.45) is 0 Å². The van der Waals surface area contributed by atoms with Gasteiger partial charge in [0.15, 0.2) is 0 Å². The number of fused-ring (bicyclic) bond motifs is 1. The second-order valence-electron chi connectivity index (χ2n) is 6.20. The van der Waals surface area contributed by atoms with Gasteiger partial charge in [-0.1, -0.05) is 19.3 Å². The van der Waals surface area contributed by atoms with E-state index < -0.39 is 0 Å². The molecule has 0 atom stereocenters. The maximum Gasteiger partial charge on any atom is 0.106 e.